The molecule has 1 aromatic heterocycles. The molecule has 7 heteroatoms. The summed E-state index contributed by atoms with van der Waals surface area (Å²) in [5.41, 5.74) is 1.55. The lowest BCUT2D eigenvalue weighted by Gasteiger charge is -2.12. The van der Waals surface area contributed by atoms with Gasteiger partial charge in [0.15, 0.2) is 5.96 Å². The average molecular weight is 396 g/mol. The third-order valence-corrected chi connectivity index (χ3v) is 4.03. The Morgan fingerprint density at radius 2 is 1.90 bits per heavy atom. The highest BCUT2D eigenvalue weighted by molar-refractivity contribution is 5.79. The van der Waals surface area contributed by atoms with Crippen molar-refractivity contribution in [1.82, 2.24) is 15.6 Å². The van der Waals surface area contributed by atoms with Gasteiger partial charge in [0.1, 0.15) is 24.4 Å². The van der Waals surface area contributed by atoms with Gasteiger partial charge in [-0.2, -0.15) is 0 Å². The molecule has 29 heavy (non-hydrogen) atoms. The maximum absolute atomic E-state index is 13.0. The largest absolute Gasteiger partial charge is 0.492 e. The summed E-state index contributed by atoms with van der Waals surface area (Å²) in [4.78, 5) is 9.00. The van der Waals surface area contributed by atoms with E-state index in [0.29, 0.717) is 32.0 Å². The van der Waals surface area contributed by atoms with E-state index < -0.39 is 0 Å². The van der Waals surface area contributed by atoms with Gasteiger partial charge in [0.2, 0.25) is 5.89 Å². The van der Waals surface area contributed by atoms with Crippen LogP contribution < -0.4 is 15.4 Å². The van der Waals surface area contributed by atoms with Gasteiger partial charge in [0, 0.05) is 25.1 Å². The van der Waals surface area contributed by atoms with Gasteiger partial charge in [0.05, 0.1) is 12.2 Å². The summed E-state index contributed by atoms with van der Waals surface area (Å²) in [6.07, 6.45) is 2.25. The molecule has 2 N–H and O–H groups in total. The number of hydrogen-bond donors (Lipinski definition) is 2. The molecule has 3 aromatic rings. The number of benzene rings is 2. The van der Waals surface area contributed by atoms with Gasteiger partial charge in [-0.1, -0.05) is 18.2 Å². The van der Waals surface area contributed by atoms with Gasteiger partial charge >= 0.3 is 0 Å². The first-order chi connectivity index (χ1) is 14.2. The third-order valence-electron chi connectivity index (χ3n) is 4.03. The molecule has 0 fully saturated rings. The fraction of sp³-hybridized carbons (Fsp3) is 0.273. The molecule has 0 spiro atoms. The summed E-state index contributed by atoms with van der Waals surface area (Å²) in [6, 6.07) is 15.8. The van der Waals surface area contributed by atoms with E-state index in [9.17, 15) is 4.39 Å². The lowest BCUT2D eigenvalue weighted by Crippen LogP contribution is -2.39. The highest BCUT2D eigenvalue weighted by atomic mass is 19.1. The Morgan fingerprint density at radius 3 is 2.66 bits per heavy atom. The van der Waals surface area contributed by atoms with E-state index in [4.69, 9.17) is 9.15 Å². The SMILES string of the molecule is CCNC(=NCCc1coc(-c2ccc(F)cc2)n1)NCCOc1ccccc1. The van der Waals surface area contributed by atoms with Crippen molar-refractivity contribution in [2.45, 2.75) is 13.3 Å². The Bertz CT molecular complexity index is 895. The molecule has 0 saturated carbocycles. The van der Waals surface area contributed by atoms with Crippen LogP contribution in [0, 0.1) is 5.82 Å². The summed E-state index contributed by atoms with van der Waals surface area (Å²) < 4.78 is 24.2. The van der Waals surface area contributed by atoms with Crippen molar-refractivity contribution in [1.29, 1.82) is 0 Å². The summed E-state index contributed by atoms with van der Waals surface area (Å²) in [5.74, 6) is 1.77. The minimum absolute atomic E-state index is 0.285. The highest BCUT2D eigenvalue weighted by Gasteiger charge is 2.07. The number of nitrogens with zero attached hydrogens (tertiary/aromatic N) is 2. The number of oxazole rings is 1. The first kappa shape index (κ1) is 20.4. The number of halogens is 1. The molecule has 0 aliphatic rings. The van der Waals surface area contributed by atoms with E-state index in [2.05, 4.69) is 20.6 Å². The molecule has 0 aliphatic carbocycles. The smallest absolute Gasteiger partial charge is 0.226 e. The molecule has 0 unspecified atom stereocenters. The third kappa shape index (κ3) is 6.64. The Labute approximate surface area is 169 Å². The van der Waals surface area contributed by atoms with E-state index >= 15 is 0 Å². The fourth-order valence-corrected chi connectivity index (χ4v) is 2.63. The van der Waals surface area contributed by atoms with Crippen LogP contribution in [0.4, 0.5) is 4.39 Å². The van der Waals surface area contributed by atoms with E-state index in [1.54, 1.807) is 18.4 Å². The normalized spacial score (nSPS) is 11.3. The van der Waals surface area contributed by atoms with Crippen LogP contribution in [0.15, 0.2) is 70.3 Å². The minimum atomic E-state index is -0.285. The van der Waals surface area contributed by atoms with Gasteiger partial charge in [-0.25, -0.2) is 9.37 Å². The first-order valence-corrected chi connectivity index (χ1v) is 9.65. The predicted octanol–water partition coefficient (Wildman–Crippen LogP) is 3.66. The average Bonchev–Trinajstić information content (AvgIpc) is 3.21. The van der Waals surface area contributed by atoms with E-state index in [0.717, 1.165) is 29.5 Å². The van der Waals surface area contributed by atoms with Crippen LogP contribution in [0.3, 0.4) is 0 Å². The Hall–Kier alpha value is -3.35. The number of hydrogen-bond acceptors (Lipinski definition) is 4. The number of rotatable bonds is 9. The lowest BCUT2D eigenvalue weighted by molar-refractivity contribution is 0.322. The van der Waals surface area contributed by atoms with Gasteiger partial charge in [0.25, 0.3) is 0 Å². The second kappa shape index (κ2) is 10.8. The first-order valence-electron chi connectivity index (χ1n) is 9.65. The molecule has 0 saturated heterocycles. The van der Waals surface area contributed by atoms with Crippen LogP contribution in [-0.2, 0) is 6.42 Å². The number of ether oxygens (including phenoxy) is 1. The van der Waals surface area contributed by atoms with Gasteiger partial charge in [-0.15, -0.1) is 0 Å². The molecular formula is C22H25FN4O2. The molecule has 0 atom stereocenters. The van der Waals surface area contributed by atoms with Crippen LogP contribution in [0.25, 0.3) is 11.5 Å². The zero-order chi connectivity index (χ0) is 20.3. The molecule has 152 valence electrons. The number of aliphatic imine (C=N–C) groups is 1. The lowest BCUT2D eigenvalue weighted by atomic mass is 10.2. The number of aromatic nitrogens is 1. The standard InChI is InChI=1S/C22H25FN4O2/c1-2-24-22(26-14-15-28-20-6-4-3-5-7-20)25-13-12-19-16-29-21(27-19)17-8-10-18(23)11-9-17/h3-11,16H,2,12-15H2,1H3,(H2,24,25,26). The van der Waals surface area contributed by atoms with Gasteiger partial charge in [-0.3, -0.25) is 4.99 Å². The van der Waals surface area contributed by atoms with Crippen molar-refractivity contribution in [2.24, 2.45) is 4.99 Å². The van der Waals surface area contributed by atoms with Crippen LogP contribution in [-0.4, -0.2) is 37.2 Å². The zero-order valence-electron chi connectivity index (χ0n) is 16.4. The molecule has 0 amide bonds. The topological polar surface area (TPSA) is 71.7 Å². The second-order valence-electron chi connectivity index (χ2n) is 6.25. The second-order valence-corrected chi connectivity index (χ2v) is 6.25. The zero-order valence-corrected chi connectivity index (χ0v) is 16.4. The van der Waals surface area contributed by atoms with Crippen LogP contribution in [0.1, 0.15) is 12.6 Å². The maximum atomic E-state index is 13.0. The van der Waals surface area contributed by atoms with E-state index in [1.165, 1.54) is 12.1 Å². The van der Waals surface area contributed by atoms with Crippen LogP contribution >= 0.6 is 0 Å². The number of nitrogens with one attached hydrogen (secondary N) is 2. The molecule has 2 aromatic carbocycles. The molecule has 0 bridgehead atoms. The summed E-state index contributed by atoms with van der Waals surface area (Å²) in [6.45, 7) is 4.52. The molecule has 0 radical (unpaired) electrons. The summed E-state index contributed by atoms with van der Waals surface area (Å²) in [7, 11) is 0. The van der Waals surface area contributed by atoms with Crippen molar-refractivity contribution < 1.29 is 13.5 Å². The van der Waals surface area contributed by atoms with Crippen molar-refractivity contribution >= 4 is 5.96 Å². The number of para-hydroxylation sites is 1. The quantitative estimate of drug-likeness (QED) is 0.328. The van der Waals surface area contributed by atoms with E-state index in [1.807, 2.05) is 37.3 Å². The number of guanidine groups is 1. The Kier molecular flexibility index (Phi) is 7.63. The molecule has 1 heterocycles. The van der Waals surface area contributed by atoms with Crippen LogP contribution in [0.2, 0.25) is 0 Å². The van der Waals surface area contributed by atoms with Crippen LogP contribution in [0.5, 0.6) is 5.75 Å². The monoisotopic (exact) mass is 396 g/mol. The highest BCUT2D eigenvalue weighted by Crippen LogP contribution is 2.19. The predicted molar refractivity (Wildman–Crippen MR) is 112 cm³/mol. The van der Waals surface area contributed by atoms with Gasteiger partial charge in [-0.05, 0) is 43.3 Å². The minimum Gasteiger partial charge on any atom is -0.492 e. The molecule has 3 rings (SSSR count). The maximum Gasteiger partial charge on any atom is 0.226 e. The fourth-order valence-electron chi connectivity index (χ4n) is 2.63. The Balaban J connectivity index is 1.45. The summed E-state index contributed by atoms with van der Waals surface area (Å²) >= 11 is 0. The van der Waals surface area contributed by atoms with E-state index in [-0.39, 0.29) is 5.82 Å². The van der Waals surface area contributed by atoms with Gasteiger partial charge < -0.3 is 19.8 Å². The van der Waals surface area contributed by atoms with Crippen molar-refractivity contribution in [2.75, 3.05) is 26.2 Å². The van der Waals surface area contributed by atoms with Crippen molar-refractivity contribution in [3.63, 3.8) is 0 Å². The molecular weight excluding hydrogens is 371 g/mol. The van der Waals surface area contributed by atoms with Crippen molar-refractivity contribution in [3.8, 4) is 17.2 Å². The molecule has 6 nitrogen and oxygen atoms in total. The summed E-state index contributed by atoms with van der Waals surface area (Å²) in [5, 5.41) is 6.46. The Morgan fingerprint density at radius 1 is 1.10 bits per heavy atom. The van der Waals surface area contributed by atoms with Crippen molar-refractivity contribution in [3.05, 3.63) is 72.4 Å². The molecule has 0 aliphatic heterocycles.